The van der Waals surface area contributed by atoms with Crippen molar-refractivity contribution in [2.24, 2.45) is 0 Å². The van der Waals surface area contributed by atoms with Gasteiger partial charge in [-0.3, -0.25) is 0 Å². The maximum atomic E-state index is 6.52. The van der Waals surface area contributed by atoms with Crippen LogP contribution in [0.2, 0.25) is 5.02 Å². The maximum Gasteiger partial charge on any atom is 0.163 e. The Kier molecular flexibility index (Phi) is 6.81. The summed E-state index contributed by atoms with van der Waals surface area (Å²) in [5.74, 6) is 1.45. The fourth-order valence-electron chi connectivity index (χ4n) is 3.44. The lowest BCUT2D eigenvalue weighted by Gasteiger charge is -2.17. The predicted molar refractivity (Wildman–Crippen MR) is 107 cm³/mol. The van der Waals surface area contributed by atoms with Crippen molar-refractivity contribution in [1.29, 1.82) is 0 Å². The van der Waals surface area contributed by atoms with Crippen molar-refractivity contribution in [1.82, 2.24) is 5.32 Å². The Morgan fingerprint density at radius 1 is 1.08 bits per heavy atom. The second kappa shape index (κ2) is 9.29. The van der Waals surface area contributed by atoms with Crippen LogP contribution in [0.4, 0.5) is 0 Å². The Hall–Kier alpha value is -1.71. The molecule has 0 heterocycles. The first kappa shape index (κ1) is 19.1. The van der Waals surface area contributed by atoms with E-state index in [1.807, 2.05) is 25.1 Å². The molecule has 4 heteroatoms. The molecule has 26 heavy (non-hydrogen) atoms. The summed E-state index contributed by atoms with van der Waals surface area (Å²) in [6.07, 6.45) is 5.16. The Labute approximate surface area is 161 Å². The highest BCUT2D eigenvalue weighted by Gasteiger charge is 2.16. The second-order valence-electron chi connectivity index (χ2n) is 6.96. The third kappa shape index (κ3) is 5.15. The van der Waals surface area contributed by atoms with E-state index in [0.717, 1.165) is 28.4 Å². The quantitative estimate of drug-likeness (QED) is 0.647. The highest BCUT2D eigenvalue weighted by Crippen LogP contribution is 2.34. The Morgan fingerprint density at radius 3 is 2.58 bits per heavy atom. The largest absolute Gasteiger partial charge is 0.490 e. The van der Waals surface area contributed by atoms with E-state index in [-0.39, 0.29) is 0 Å². The van der Waals surface area contributed by atoms with E-state index < -0.39 is 0 Å². The zero-order valence-corrected chi connectivity index (χ0v) is 16.4. The highest BCUT2D eigenvalue weighted by molar-refractivity contribution is 6.31. The van der Waals surface area contributed by atoms with E-state index in [9.17, 15) is 0 Å². The molecule has 0 radical (unpaired) electrons. The molecular weight excluding hydrogens is 346 g/mol. The number of halogens is 1. The van der Waals surface area contributed by atoms with Crippen LogP contribution in [0, 0.1) is 6.92 Å². The summed E-state index contributed by atoms with van der Waals surface area (Å²) >= 11 is 6.52. The summed E-state index contributed by atoms with van der Waals surface area (Å²) in [5.41, 5.74) is 3.42. The molecular formula is C22H28ClNO2. The Bertz CT molecular complexity index is 726. The molecule has 1 saturated carbocycles. The van der Waals surface area contributed by atoms with Crippen LogP contribution < -0.4 is 14.8 Å². The van der Waals surface area contributed by atoms with Crippen molar-refractivity contribution in [2.45, 2.75) is 58.7 Å². The standard InChI is InChI=1S/C22H28ClNO2/c1-3-25-21-12-18(14-24-19-9-4-5-10-19)20(23)13-22(21)26-15-17-8-6-7-16(2)11-17/h6-8,11-13,19,24H,3-5,9-10,14-15H2,1-2H3. The summed E-state index contributed by atoms with van der Waals surface area (Å²) in [5, 5.41) is 4.33. The van der Waals surface area contributed by atoms with Crippen LogP contribution in [0.15, 0.2) is 36.4 Å². The van der Waals surface area contributed by atoms with Crippen LogP contribution in [-0.4, -0.2) is 12.6 Å². The molecule has 0 aromatic heterocycles. The summed E-state index contributed by atoms with van der Waals surface area (Å²) in [6, 6.07) is 12.8. The molecule has 1 fully saturated rings. The number of benzene rings is 2. The van der Waals surface area contributed by atoms with Crippen LogP contribution in [0.25, 0.3) is 0 Å². The van der Waals surface area contributed by atoms with Gasteiger partial charge in [-0.15, -0.1) is 0 Å². The van der Waals surface area contributed by atoms with Gasteiger partial charge in [0, 0.05) is 23.7 Å². The van der Waals surface area contributed by atoms with Gasteiger partial charge in [0.05, 0.1) is 6.61 Å². The fraction of sp³-hybridized carbons (Fsp3) is 0.455. The second-order valence-corrected chi connectivity index (χ2v) is 7.37. The van der Waals surface area contributed by atoms with Crippen LogP contribution in [-0.2, 0) is 13.2 Å². The van der Waals surface area contributed by atoms with Crippen LogP contribution in [0.5, 0.6) is 11.5 Å². The summed E-state index contributed by atoms with van der Waals surface area (Å²) in [4.78, 5) is 0. The molecule has 0 saturated heterocycles. The third-order valence-electron chi connectivity index (χ3n) is 4.83. The summed E-state index contributed by atoms with van der Waals surface area (Å²) < 4.78 is 11.8. The minimum Gasteiger partial charge on any atom is -0.490 e. The molecule has 2 aromatic rings. The molecule has 1 aliphatic carbocycles. The smallest absolute Gasteiger partial charge is 0.163 e. The zero-order valence-electron chi connectivity index (χ0n) is 15.7. The molecule has 1 aliphatic rings. The van der Waals surface area contributed by atoms with Crippen molar-refractivity contribution in [3.8, 4) is 11.5 Å². The van der Waals surface area contributed by atoms with Gasteiger partial charge < -0.3 is 14.8 Å². The van der Waals surface area contributed by atoms with Crippen LogP contribution in [0.3, 0.4) is 0 Å². The van der Waals surface area contributed by atoms with Crippen molar-refractivity contribution in [3.05, 3.63) is 58.1 Å². The monoisotopic (exact) mass is 373 g/mol. The first-order valence-electron chi connectivity index (χ1n) is 9.52. The van der Waals surface area contributed by atoms with Crippen molar-refractivity contribution in [2.75, 3.05) is 6.61 Å². The number of hydrogen-bond acceptors (Lipinski definition) is 3. The SMILES string of the molecule is CCOc1cc(CNC2CCCC2)c(Cl)cc1OCc1cccc(C)c1. The number of ether oxygens (including phenoxy) is 2. The van der Waals surface area contributed by atoms with E-state index in [2.05, 4.69) is 30.4 Å². The van der Waals surface area contributed by atoms with Crippen molar-refractivity contribution in [3.63, 3.8) is 0 Å². The number of rotatable bonds is 8. The van der Waals surface area contributed by atoms with Gasteiger partial charge in [0.15, 0.2) is 11.5 Å². The van der Waals surface area contributed by atoms with E-state index >= 15 is 0 Å². The van der Waals surface area contributed by atoms with E-state index in [0.29, 0.717) is 25.0 Å². The van der Waals surface area contributed by atoms with Crippen molar-refractivity contribution >= 4 is 11.6 Å². The highest BCUT2D eigenvalue weighted by atomic mass is 35.5. The lowest BCUT2D eigenvalue weighted by atomic mass is 10.1. The normalized spacial score (nSPS) is 14.6. The van der Waals surface area contributed by atoms with Crippen LogP contribution in [0.1, 0.15) is 49.3 Å². The van der Waals surface area contributed by atoms with Gasteiger partial charge in [-0.25, -0.2) is 0 Å². The molecule has 0 spiro atoms. The third-order valence-corrected chi connectivity index (χ3v) is 5.18. The van der Waals surface area contributed by atoms with Gasteiger partial charge in [-0.1, -0.05) is 54.3 Å². The molecule has 3 nitrogen and oxygen atoms in total. The minimum absolute atomic E-state index is 0.498. The summed E-state index contributed by atoms with van der Waals surface area (Å²) in [7, 11) is 0. The molecule has 0 aliphatic heterocycles. The van der Waals surface area contributed by atoms with E-state index in [4.69, 9.17) is 21.1 Å². The average Bonchev–Trinajstić information content (AvgIpc) is 3.14. The van der Waals surface area contributed by atoms with Gasteiger partial charge in [0.25, 0.3) is 0 Å². The van der Waals surface area contributed by atoms with Gasteiger partial charge in [-0.2, -0.15) is 0 Å². The molecule has 140 valence electrons. The lowest BCUT2D eigenvalue weighted by molar-refractivity contribution is 0.269. The minimum atomic E-state index is 0.498. The maximum absolute atomic E-state index is 6.52. The number of hydrogen-bond donors (Lipinski definition) is 1. The Balaban J connectivity index is 1.70. The van der Waals surface area contributed by atoms with Gasteiger partial charge >= 0.3 is 0 Å². The first-order valence-corrected chi connectivity index (χ1v) is 9.90. The molecule has 3 rings (SSSR count). The molecule has 0 bridgehead atoms. The first-order chi connectivity index (χ1) is 12.7. The molecule has 0 unspecified atom stereocenters. The van der Waals surface area contributed by atoms with Crippen LogP contribution >= 0.6 is 11.6 Å². The lowest BCUT2D eigenvalue weighted by Crippen LogP contribution is -2.25. The molecule has 0 atom stereocenters. The van der Waals surface area contributed by atoms with Crippen molar-refractivity contribution < 1.29 is 9.47 Å². The van der Waals surface area contributed by atoms with Gasteiger partial charge in [-0.05, 0) is 43.9 Å². The number of aryl methyl sites for hydroxylation is 1. The molecule has 0 amide bonds. The topological polar surface area (TPSA) is 30.5 Å². The van der Waals surface area contributed by atoms with Gasteiger partial charge in [0.1, 0.15) is 6.61 Å². The fourth-order valence-corrected chi connectivity index (χ4v) is 3.66. The molecule has 2 aromatic carbocycles. The Morgan fingerprint density at radius 2 is 1.85 bits per heavy atom. The zero-order chi connectivity index (χ0) is 18.4. The van der Waals surface area contributed by atoms with E-state index in [1.165, 1.54) is 31.2 Å². The van der Waals surface area contributed by atoms with E-state index in [1.54, 1.807) is 0 Å². The predicted octanol–water partition coefficient (Wildman–Crippen LogP) is 5.66. The van der Waals surface area contributed by atoms with Gasteiger partial charge in [0.2, 0.25) is 0 Å². The summed E-state index contributed by atoms with van der Waals surface area (Å²) in [6.45, 7) is 5.92. The molecule has 1 N–H and O–H groups in total. The number of nitrogens with one attached hydrogen (secondary N) is 1. The average molecular weight is 374 g/mol.